The lowest BCUT2D eigenvalue weighted by Gasteiger charge is -2.31. The van der Waals surface area contributed by atoms with E-state index >= 15 is 0 Å². The molecule has 0 spiro atoms. The van der Waals surface area contributed by atoms with Gasteiger partial charge < -0.3 is 14.9 Å². The van der Waals surface area contributed by atoms with E-state index in [0.29, 0.717) is 31.0 Å². The van der Waals surface area contributed by atoms with E-state index in [0.717, 1.165) is 0 Å². The number of nitrogens with zero attached hydrogens (tertiary/aromatic N) is 2. The van der Waals surface area contributed by atoms with Crippen molar-refractivity contribution >= 4 is 5.91 Å². The molecule has 0 aromatic carbocycles. The molecule has 1 unspecified atom stereocenters. The van der Waals surface area contributed by atoms with Crippen molar-refractivity contribution in [2.45, 2.75) is 72.3 Å². The average molecular weight is 311 g/mol. The number of carbonyl (C=O) groups is 1. The van der Waals surface area contributed by atoms with Gasteiger partial charge in [0, 0.05) is 30.9 Å². The van der Waals surface area contributed by atoms with Crippen LogP contribution < -0.4 is 5.32 Å². The summed E-state index contributed by atoms with van der Waals surface area (Å²) in [4.78, 5) is 16.4. The fourth-order valence-electron chi connectivity index (χ4n) is 2.00. The van der Waals surface area contributed by atoms with Gasteiger partial charge in [0.15, 0.2) is 5.82 Å². The number of amides is 1. The SMILES string of the molecule is CC(C)(C)c1noc(CCC(=O)NC(CCO)C(C)(C)C)n1. The van der Waals surface area contributed by atoms with Crippen LogP contribution >= 0.6 is 0 Å². The van der Waals surface area contributed by atoms with Crippen molar-refractivity contribution in [3.63, 3.8) is 0 Å². The van der Waals surface area contributed by atoms with Gasteiger partial charge in [-0.15, -0.1) is 0 Å². The van der Waals surface area contributed by atoms with Crippen LogP contribution in [0.1, 0.15) is 66.1 Å². The van der Waals surface area contributed by atoms with Crippen LogP contribution in [0, 0.1) is 5.41 Å². The van der Waals surface area contributed by atoms with Gasteiger partial charge in [-0.2, -0.15) is 4.98 Å². The highest BCUT2D eigenvalue weighted by molar-refractivity contribution is 5.76. The Morgan fingerprint density at radius 3 is 2.36 bits per heavy atom. The van der Waals surface area contributed by atoms with Gasteiger partial charge in [0.1, 0.15) is 0 Å². The Hall–Kier alpha value is -1.43. The molecule has 1 amide bonds. The second-order valence-corrected chi connectivity index (χ2v) is 7.76. The summed E-state index contributed by atoms with van der Waals surface area (Å²) >= 11 is 0. The summed E-state index contributed by atoms with van der Waals surface area (Å²) in [6, 6.07) is -0.0576. The fraction of sp³-hybridized carbons (Fsp3) is 0.812. The van der Waals surface area contributed by atoms with Crippen molar-refractivity contribution in [2.24, 2.45) is 5.41 Å². The maximum Gasteiger partial charge on any atom is 0.227 e. The molecule has 0 radical (unpaired) electrons. The summed E-state index contributed by atoms with van der Waals surface area (Å²) in [7, 11) is 0. The molecule has 22 heavy (non-hydrogen) atoms. The molecule has 126 valence electrons. The molecule has 0 fully saturated rings. The quantitative estimate of drug-likeness (QED) is 0.841. The monoisotopic (exact) mass is 311 g/mol. The normalized spacial score (nSPS) is 14.0. The predicted octanol–water partition coefficient (Wildman–Crippen LogP) is 2.21. The van der Waals surface area contributed by atoms with Gasteiger partial charge in [-0.3, -0.25) is 4.79 Å². The van der Waals surface area contributed by atoms with Crippen LogP contribution in [0.4, 0.5) is 0 Å². The molecule has 0 aliphatic heterocycles. The van der Waals surface area contributed by atoms with E-state index in [1.807, 2.05) is 41.5 Å². The van der Waals surface area contributed by atoms with E-state index in [1.54, 1.807) is 0 Å². The molecule has 0 bridgehead atoms. The topological polar surface area (TPSA) is 88.2 Å². The Morgan fingerprint density at radius 1 is 1.27 bits per heavy atom. The molecule has 6 heteroatoms. The lowest BCUT2D eigenvalue weighted by atomic mass is 9.85. The zero-order valence-electron chi connectivity index (χ0n) is 14.6. The number of hydrogen-bond donors (Lipinski definition) is 2. The minimum atomic E-state index is -0.164. The minimum absolute atomic E-state index is 0.0564. The van der Waals surface area contributed by atoms with E-state index < -0.39 is 0 Å². The molecular formula is C16H29N3O3. The maximum atomic E-state index is 12.1. The van der Waals surface area contributed by atoms with E-state index in [2.05, 4.69) is 15.5 Å². The zero-order valence-corrected chi connectivity index (χ0v) is 14.6. The Labute approximate surface area is 132 Å². The Morgan fingerprint density at radius 2 is 1.91 bits per heavy atom. The molecule has 2 N–H and O–H groups in total. The van der Waals surface area contributed by atoms with Crippen molar-refractivity contribution in [1.82, 2.24) is 15.5 Å². The minimum Gasteiger partial charge on any atom is -0.396 e. The first-order chi connectivity index (χ1) is 10.0. The molecule has 1 rings (SSSR count). The van der Waals surface area contributed by atoms with E-state index in [-0.39, 0.29) is 29.4 Å². The highest BCUT2D eigenvalue weighted by Crippen LogP contribution is 2.22. The van der Waals surface area contributed by atoms with Crippen LogP contribution in [0.2, 0.25) is 0 Å². The second kappa shape index (κ2) is 7.22. The van der Waals surface area contributed by atoms with E-state index in [4.69, 9.17) is 9.63 Å². The van der Waals surface area contributed by atoms with Crippen molar-refractivity contribution in [3.8, 4) is 0 Å². The Bertz CT molecular complexity index is 484. The molecule has 0 saturated heterocycles. The first-order valence-corrected chi connectivity index (χ1v) is 7.77. The molecule has 6 nitrogen and oxygen atoms in total. The van der Waals surface area contributed by atoms with Gasteiger partial charge in [-0.1, -0.05) is 46.7 Å². The third-order valence-electron chi connectivity index (χ3n) is 3.50. The summed E-state index contributed by atoms with van der Waals surface area (Å²) in [6.07, 6.45) is 1.26. The number of aliphatic hydroxyl groups is 1. The number of rotatable bonds is 6. The van der Waals surface area contributed by atoms with Crippen LogP contribution in [0.25, 0.3) is 0 Å². The van der Waals surface area contributed by atoms with Gasteiger partial charge in [0.05, 0.1) is 0 Å². The summed E-state index contributed by atoms with van der Waals surface area (Å²) in [5, 5.41) is 16.0. The largest absolute Gasteiger partial charge is 0.396 e. The number of aromatic nitrogens is 2. The molecule has 1 heterocycles. The van der Waals surface area contributed by atoms with Crippen molar-refractivity contribution in [3.05, 3.63) is 11.7 Å². The van der Waals surface area contributed by atoms with E-state index in [9.17, 15) is 4.79 Å². The van der Waals surface area contributed by atoms with Crippen LogP contribution in [0.15, 0.2) is 4.52 Å². The smallest absolute Gasteiger partial charge is 0.227 e. The zero-order chi connectivity index (χ0) is 17.0. The first kappa shape index (κ1) is 18.6. The highest BCUT2D eigenvalue weighted by atomic mass is 16.5. The van der Waals surface area contributed by atoms with Crippen molar-refractivity contribution in [1.29, 1.82) is 0 Å². The Kier molecular flexibility index (Phi) is 6.11. The first-order valence-electron chi connectivity index (χ1n) is 7.77. The van der Waals surface area contributed by atoms with Gasteiger partial charge in [-0.25, -0.2) is 0 Å². The molecule has 0 aliphatic rings. The average Bonchev–Trinajstić information content (AvgIpc) is 2.83. The van der Waals surface area contributed by atoms with Gasteiger partial charge in [0.25, 0.3) is 0 Å². The van der Waals surface area contributed by atoms with E-state index in [1.165, 1.54) is 0 Å². The third-order valence-corrected chi connectivity index (χ3v) is 3.50. The van der Waals surface area contributed by atoms with Crippen LogP contribution in [0.3, 0.4) is 0 Å². The summed E-state index contributed by atoms with van der Waals surface area (Å²) in [6.45, 7) is 12.2. The van der Waals surface area contributed by atoms with Gasteiger partial charge in [0.2, 0.25) is 11.8 Å². The number of hydrogen-bond acceptors (Lipinski definition) is 5. The predicted molar refractivity (Wildman–Crippen MR) is 84.4 cm³/mol. The van der Waals surface area contributed by atoms with Crippen molar-refractivity contribution in [2.75, 3.05) is 6.61 Å². The number of nitrogens with one attached hydrogen (secondary N) is 1. The lowest BCUT2D eigenvalue weighted by Crippen LogP contribution is -2.44. The highest BCUT2D eigenvalue weighted by Gasteiger charge is 2.26. The molecule has 1 aromatic rings. The van der Waals surface area contributed by atoms with Crippen LogP contribution in [-0.2, 0) is 16.6 Å². The summed E-state index contributed by atoms with van der Waals surface area (Å²) < 4.78 is 5.18. The number of carbonyl (C=O) groups excluding carboxylic acids is 1. The van der Waals surface area contributed by atoms with Crippen molar-refractivity contribution < 1.29 is 14.4 Å². The number of aryl methyl sites for hydroxylation is 1. The molecule has 1 atom stereocenters. The lowest BCUT2D eigenvalue weighted by molar-refractivity contribution is -0.122. The molecule has 0 aliphatic carbocycles. The maximum absolute atomic E-state index is 12.1. The molecular weight excluding hydrogens is 282 g/mol. The van der Waals surface area contributed by atoms with Gasteiger partial charge in [-0.05, 0) is 11.8 Å². The fourth-order valence-corrected chi connectivity index (χ4v) is 2.00. The van der Waals surface area contributed by atoms with Crippen LogP contribution in [0.5, 0.6) is 0 Å². The van der Waals surface area contributed by atoms with Gasteiger partial charge >= 0.3 is 0 Å². The third kappa shape index (κ3) is 5.75. The standard InChI is InChI=1S/C16H29N3O3/c1-15(2,3)11(9-10-20)17-12(21)7-8-13-18-14(19-22-13)16(4,5)6/h11,20H,7-10H2,1-6H3,(H,17,21). The number of aliphatic hydroxyl groups excluding tert-OH is 1. The Balaban J connectivity index is 2.53. The molecule has 1 aromatic heterocycles. The van der Waals surface area contributed by atoms with Crippen LogP contribution in [-0.4, -0.2) is 33.8 Å². The second-order valence-electron chi connectivity index (χ2n) is 7.76. The summed E-state index contributed by atoms with van der Waals surface area (Å²) in [5.74, 6) is 1.06. The molecule has 0 saturated carbocycles. The summed E-state index contributed by atoms with van der Waals surface area (Å²) in [5.41, 5.74) is -0.259.